The summed E-state index contributed by atoms with van der Waals surface area (Å²) in [6, 6.07) is 27.4. The topological polar surface area (TPSA) is 96.9 Å². The quantitative estimate of drug-likeness (QED) is 0.262. The van der Waals surface area contributed by atoms with E-state index >= 15 is 0 Å². The van der Waals surface area contributed by atoms with Crippen LogP contribution in [0.4, 0.5) is 5.69 Å². The van der Waals surface area contributed by atoms with E-state index in [0.717, 1.165) is 11.1 Å². The fraction of sp³-hybridized carbons (Fsp3) is 0.0714. The van der Waals surface area contributed by atoms with Crippen LogP contribution in [0.25, 0.3) is 0 Å². The van der Waals surface area contributed by atoms with Crippen LogP contribution in [-0.4, -0.2) is 20.0 Å². The van der Waals surface area contributed by atoms with Gasteiger partial charge in [0.2, 0.25) is 0 Å². The second-order valence-electron chi connectivity index (χ2n) is 8.47. The van der Waals surface area contributed by atoms with Gasteiger partial charge in [-0.25, -0.2) is 13.8 Å². The van der Waals surface area contributed by atoms with E-state index < -0.39 is 15.9 Å². The summed E-state index contributed by atoms with van der Waals surface area (Å²) in [5.41, 5.74) is 5.34. The number of nitrogens with one attached hydrogen (secondary N) is 2. The number of rotatable bonds is 6. The van der Waals surface area contributed by atoms with Gasteiger partial charge >= 0.3 is 0 Å². The molecule has 0 fully saturated rings. The molecule has 0 spiro atoms. The van der Waals surface area contributed by atoms with Gasteiger partial charge in [-0.05, 0) is 60.2 Å². The summed E-state index contributed by atoms with van der Waals surface area (Å²) < 4.78 is 34.6. The first-order valence-electron chi connectivity index (χ1n) is 11.6. The van der Waals surface area contributed by atoms with E-state index in [-0.39, 0.29) is 21.6 Å². The summed E-state index contributed by atoms with van der Waals surface area (Å²) in [6.45, 7) is 0. The monoisotopic (exact) mass is 565 g/mol. The van der Waals surface area contributed by atoms with Crippen molar-refractivity contribution in [1.29, 1.82) is 0 Å². The fourth-order valence-corrected chi connectivity index (χ4v) is 5.72. The normalized spacial score (nSPS) is 15.8. The van der Waals surface area contributed by atoms with Crippen molar-refractivity contribution < 1.29 is 17.9 Å². The summed E-state index contributed by atoms with van der Waals surface area (Å²) in [5.74, 6) is 0.0751. The van der Waals surface area contributed by atoms with E-state index in [4.69, 9.17) is 27.9 Å². The number of hydrogen-bond donors (Lipinski definition) is 2. The van der Waals surface area contributed by atoms with Crippen molar-refractivity contribution in [2.45, 2.75) is 17.4 Å². The molecule has 0 saturated heterocycles. The Labute approximate surface area is 230 Å². The van der Waals surface area contributed by atoms with Crippen LogP contribution < -0.4 is 14.9 Å². The molecule has 1 atom stereocenters. The number of fused-ring (bicyclic) bond motifs is 1. The summed E-state index contributed by atoms with van der Waals surface area (Å²) in [6.07, 6.45) is 0.167. The zero-order chi connectivity index (χ0) is 26.7. The van der Waals surface area contributed by atoms with Gasteiger partial charge in [0.25, 0.3) is 15.9 Å². The zero-order valence-electron chi connectivity index (χ0n) is 19.8. The van der Waals surface area contributed by atoms with Crippen molar-refractivity contribution in [3.8, 4) is 5.75 Å². The number of carbonyl (C=O) groups excluding carboxylic acids is 1. The van der Waals surface area contributed by atoms with E-state index in [0.29, 0.717) is 28.6 Å². The Kier molecular flexibility index (Phi) is 7.37. The molecule has 1 aliphatic heterocycles. The Morgan fingerprint density at radius 2 is 1.61 bits per heavy atom. The van der Waals surface area contributed by atoms with E-state index in [1.54, 1.807) is 12.1 Å². The maximum absolute atomic E-state index is 13.0. The number of hydrogen-bond acceptors (Lipinski definition) is 5. The molecule has 0 bridgehead atoms. The van der Waals surface area contributed by atoms with Gasteiger partial charge in [-0.1, -0.05) is 65.7 Å². The van der Waals surface area contributed by atoms with Gasteiger partial charge in [0.05, 0.1) is 10.7 Å². The number of carbonyl (C=O) groups is 1. The number of nitrogens with zero attached hydrogens (tertiary/aromatic N) is 1. The van der Waals surface area contributed by atoms with Crippen LogP contribution >= 0.6 is 23.2 Å². The Balaban J connectivity index is 1.39. The summed E-state index contributed by atoms with van der Waals surface area (Å²) in [7, 11) is -4.08. The Bertz CT molecular complexity index is 1630. The van der Waals surface area contributed by atoms with Crippen molar-refractivity contribution in [3.63, 3.8) is 0 Å². The lowest BCUT2D eigenvalue weighted by Gasteiger charge is -2.27. The highest BCUT2D eigenvalue weighted by Crippen LogP contribution is 2.35. The van der Waals surface area contributed by atoms with Gasteiger partial charge in [0, 0.05) is 28.3 Å². The van der Waals surface area contributed by atoms with Crippen LogP contribution in [0.15, 0.2) is 107 Å². The highest BCUT2D eigenvalue weighted by molar-refractivity contribution is 7.92. The van der Waals surface area contributed by atoms with Crippen LogP contribution in [0.5, 0.6) is 5.75 Å². The van der Waals surface area contributed by atoms with Crippen LogP contribution in [0.3, 0.4) is 0 Å². The third-order valence-corrected chi connectivity index (χ3v) is 8.00. The summed E-state index contributed by atoms with van der Waals surface area (Å²) in [5, 5.41) is 4.83. The molecular formula is C28H21Cl2N3O4S. The van der Waals surface area contributed by atoms with Crippen molar-refractivity contribution in [3.05, 3.63) is 124 Å². The fourth-order valence-electron chi connectivity index (χ4n) is 4.01. The second-order valence-corrected chi connectivity index (χ2v) is 11.0. The maximum atomic E-state index is 13.0. The lowest BCUT2D eigenvalue weighted by molar-refractivity contribution is 0.0954. The highest BCUT2D eigenvalue weighted by atomic mass is 35.5. The molecule has 5 rings (SSSR count). The highest BCUT2D eigenvalue weighted by Gasteiger charge is 2.26. The molecule has 1 amide bonds. The Hall–Kier alpha value is -3.85. The van der Waals surface area contributed by atoms with Gasteiger partial charge in [-0.15, -0.1) is 0 Å². The van der Waals surface area contributed by atoms with E-state index in [1.165, 1.54) is 30.3 Å². The molecule has 4 aromatic carbocycles. The number of halogens is 2. The van der Waals surface area contributed by atoms with Crippen LogP contribution in [0, 0.1) is 0 Å². The number of sulfonamides is 1. The van der Waals surface area contributed by atoms with Crippen molar-refractivity contribution in [1.82, 2.24) is 5.43 Å². The zero-order valence-corrected chi connectivity index (χ0v) is 22.1. The van der Waals surface area contributed by atoms with Crippen molar-refractivity contribution in [2.75, 3.05) is 4.72 Å². The lowest BCUT2D eigenvalue weighted by Crippen LogP contribution is -2.25. The Morgan fingerprint density at radius 1 is 0.895 bits per heavy atom. The molecule has 1 unspecified atom stereocenters. The lowest BCUT2D eigenvalue weighted by atomic mass is 9.96. The van der Waals surface area contributed by atoms with Crippen LogP contribution in [0.1, 0.15) is 34.0 Å². The molecule has 0 saturated carbocycles. The number of benzene rings is 4. The average molecular weight is 566 g/mol. The summed E-state index contributed by atoms with van der Waals surface area (Å²) >= 11 is 12.1. The molecule has 0 aliphatic carbocycles. The second kappa shape index (κ2) is 10.9. The van der Waals surface area contributed by atoms with Crippen LogP contribution in [0.2, 0.25) is 10.0 Å². The number of ether oxygens (including phenoxy) is 1. The Morgan fingerprint density at radius 3 is 2.37 bits per heavy atom. The number of hydrazone groups is 1. The van der Waals surface area contributed by atoms with Gasteiger partial charge in [0.1, 0.15) is 16.7 Å². The van der Waals surface area contributed by atoms with Gasteiger partial charge in [-0.2, -0.15) is 5.10 Å². The standard InChI is InChI=1S/C28H21Cl2N3O4S/c29-20-11-13-21(14-12-20)33-38(35,36)27-16-19(10-15-23(27)30)28(34)32-31-24-17-26(18-6-2-1-3-7-18)37-25-9-5-4-8-22(24)25/h1-16,26,33H,17H2,(H,32,34). The molecule has 0 aromatic heterocycles. The largest absolute Gasteiger partial charge is 0.485 e. The van der Waals surface area contributed by atoms with Crippen LogP contribution in [-0.2, 0) is 10.0 Å². The van der Waals surface area contributed by atoms with E-state index in [1.807, 2.05) is 54.6 Å². The molecule has 2 N–H and O–H groups in total. The van der Waals surface area contributed by atoms with Crippen molar-refractivity contribution in [2.24, 2.45) is 5.10 Å². The SMILES string of the molecule is O=C(NN=C1CC(c2ccccc2)Oc2ccccc21)c1ccc(Cl)c(S(=O)(=O)Nc2ccc(Cl)cc2)c1. The number of anilines is 1. The first-order chi connectivity index (χ1) is 18.3. The van der Waals surface area contributed by atoms with Gasteiger partial charge < -0.3 is 4.74 Å². The third kappa shape index (κ3) is 5.67. The molecule has 192 valence electrons. The molecule has 10 heteroatoms. The van der Waals surface area contributed by atoms with Gasteiger partial charge in [0.15, 0.2) is 0 Å². The predicted molar refractivity (Wildman–Crippen MR) is 149 cm³/mol. The minimum atomic E-state index is -4.08. The molecule has 0 radical (unpaired) electrons. The number of para-hydroxylation sites is 1. The molecule has 7 nitrogen and oxygen atoms in total. The molecule has 38 heavy (non-hydrogen) atoms. The van der Waals surface area contributed by atoms with Gasteiger partial charge in [-0.3, -0.25) is 9.52 Å². The van der Waals surface area contributed by atoms with Crippen molar-refractivity contribution >= 4 is 50.5 Å². The maximum Gasteiger partial charge on any atom is 0.271 e. The summed E-state index contributed by atoms with van der Waals surface area (Å²) in [4.78, 5) is 12.8. The average Bonchev–Trinajstić information content (AvgIpc) is 2.93. The predicted octanol–water partition coefficient (Wildman–Crippen LogP) is 6.45. The molecule has 4 aromatic rings. The molecular weight excluding hydrogens is 545 g/mol. The first-order valence-corrected chi connectivity index (χ1v) is 13.8. The number of amides is 1. The minimum absolute atomic E-state index is 0.0293. The minimum Gasteiger partial charge on any atom is -0.485 e. The van der Waals surface area contributed by atoms with E-state index in [9.17, 15) is 13.2 Å². The first kappa shape index (κ1) is 25.8. The van der Waals surface area contributed by atoms with E-state index in [2.05, 4.69) is 15.2 Å². The third-order valence-electron chi connectivity index (χ3n) is 5.89. The molecule has 1 heterocycles. The molecule has 1 aliphatic rings. The smallest absolute Gasteiger partial charge is 0.271 e.